The molecule has 0 aromatic heterocycles. The van der Waals surface area contributed by atoms with E-state index in [-0.39, 0.29) is 16.3 Å². The zero-order chi connectivity index (χ0) is 26.5. The molecule has 0 aliphatic carbocycles. The molecule has 9 heteroatoms. The number of aryl methyl sites for hydroxylation is 1. The van der Waals surface area contributed by atoms with Gasteiger partial charge in [-0.2, -0.15) is 0 Å². The number of hydrogen-bond acceptors (Lipinski definition) is 6. The number of imide groups is 1. The Morgan fingerprint density at radius 3 is 2.30 bits per heavy atom. The summed E-state index contributed by atoms with van der Waals surface area (Å²) in [5.74, 6) is -2.12. The molecule has 0 saturated heterocycles. The van der Waals surface area contributed by atoms with Crippen molar-refractivity contribution in [3.8, 4) is 0 Å². The van der Waals surface area contributed by atoms with E-state index in [4.69, 9.17) is 16.3 Å². The van der Waals surface area contributed by atoms with E-state index in [0.717, 1.165) is 10.5 Å². The van der Waals surface area contributed by atoms with Crippen molar-refractivity contribution in [2.24, 2.45) is 0 Å². The maximum Gasteiger partial charge on any atom is 0.338 e. The number of carbonyl (C=O) groups is 4. The van der Waals surface area contributed by atoms with E-state index in [1.807, 2.05) is 13.0 Å². The zero-order valence-electron chi connectivity index (χ0n) is 20.2. The minimum Gasteiger partial charge on any atom is -0.462 e. The molecule has 0 radical (unpaired) electrons. The molecule has 188 valence electrons. The van der Waals surface area contributed by atoms with Crippen LogP contribution in [0.15, 0.2) is 83.5 Å². The number of amides is 3. The first-order valence-electron chi connectivity index (χ1n) is 11.6. The van der Waals surface area contributed by atoms with E-state index in [0.29, 0.717) is 35.7 Å². The summed E-state index contributed by atoms with van der Waals surface area (Å²) in [6, 6.07) is 19.8. The molecule has 0 saturated carbocycles. The molecule has 0 spiro atoms. The van der Waals surface area contributed by atoms with Gasteiger partial charge in [-0.25, -0.2) is 9.69 Å². The molecule has 1 heterocycles. The van der Waals surface area contributed by atoms with Gasteiger partial charge in [0.15, 0.2) is 0 Å². The van der Waals surface area contributed by atoms with E-state index < -0.39 is 23.7 Å². The Hall–Kier alpha value is -4.43. The molecule has 0 unspecified atom stereocenters. The monoisotopic (exact) mass is 517 g/mol. The van der Waals surface area contributed by atoms with Gasteiger partial charge in [-0.1, -0.05) is 48.9 Å². The Balaban J connectivity index is 1.50. The number of para-hydroxylation sites is 1. The fourth-order valence-electron chi connectivity index (χ4n) is 3.73. The first-order chi connectivity index (χ1) is 17.8. The van der Waals surface area contributed by atoms with E-state index in [1.165, 1.54) is 12.1 Å². The summed E-state index contributed by atoms with van der Waals surface area (Å²) < 4.78 is 5.14. The van der Waals surface area contributed by atoms with Crippen molar-refractivity contribution in [3.05, 3.63) is 100 Å². The van der Waals surface area contributed by atoms with Crippen LogP contribution in [0.4, 0.5) is 17.1 Å². The molecular formula is C28H24ClN3O5. The molecule has 1 aliphatic rings. The van der Waals surface area contributed by atoms with Crippen molar-refractivity contribution in [3.63, 3.8) is 0 Å². The van der Waals surface area contributed by atoms with Crippen molar-refractivity contribution in [2.75, 3.05) is 22.1 Å². The van der Waals surface area contributed by atoms with Gasteiger partial charge in [0, 0.05) is 16.9 Å². The van der Waals surface area contributed by atoms with Crippen LogP contribution in [0.5, 0.6) is 0 Å². The Morgan fingerprint density at radius 1 is 0.892 bits per heavy atom. The van der Waals surface area contributed by atoms with Crippen molar-refractivity contribution >= 4 is 52.4 Å². The first-order valence-corrected chi connectivity index (χ1v) is 12.0. The second-order valence-electron chi connectivity index (χ2n) is 8.30. The molecular weight excluding hydrogens is 494 g/mol. The van der Waals surface area contributed by atoms with Crippen LogP contribution in [0.1, 0.15) is 39.6 Å². The number of benzene rings is 3. The fraction of sp³-hybridized carbons (Fsp3) is 0.143. The number of carbonyl (C=O) groups excluding carboxylic acids is 4. The fourth-order valence-corrected chi connectivity index (χ4v) is 3.94. The maximum atomic E-state index is 13.1. The molecule has 3 amide bonds. The topological polar surface area (TPSA) is 105 Å². The summed E-state index contributed by atoms with van der Waals surface area (Å²) in [4.78, 5) is 51.9. The molecule has 2 N–H and O–H groups in total. The van der Waals surface area contributed by atoms with Gasteiger partial charge in [0.25, 0.3) is 17.7 Å². The summed E-state index contributed by atoms with van der Waals surface area (Å²) >= 11 is 6.24. The van der Waals surface area contributed by atoms with Gasteiger partial charge in [0.1, 0.15) is 10.7 Å². The first kappa shape index (κ1) is 25.7. The lowest BCUT2D eigenvalue weighted by Gasteiger charge is -2.17. The molecule has 8 nitrogen and oxygen atoms in total. The quantitative estimate of drug-likeness (QED) is 0.312. The minimum absolute atomic E-state index is 0.0780. The van der Waals surface area contributed by atoms with Gasteiger partial charge in [0.05, 0.1) is 17.9 Å². The Kier molecular flexibility index (Phi) is 7.69. The molecule has 3 aromatic rings. The van der Waals surface area contributed by atoms with Crippen LogP contribution in [0.3, 0.4) is 0 Å². The van der Waals surface area contributed by atoms with Crippen LogP contribution in [0, 0.1) is 6.92 Å². The van der Waals surface area contributed by atoms with Gasteiger partial charge in [0.2, 0.25) is 0 Å². The van der Waals surface area contributed by atoms with Crippen LogP contribution in [-0.2, 0) is 14.3 Å². The third-order valence-electron chi connectivity index (χ3n) is 5.57. The Labute approximate surface area is 218 Å². The molecule has 0 bridgehead atoms. The van der Waals surface area contributed by atoms with Gasteiger partial charge >= 0.3 is 5.97 Å². The summed E-state index contributed by atoms with van der Waals surface area (Å²) in [6.45, 7) is 4.01. The lowest BCUT2D eigenvalue weighted by atomic mass is 10.1. The zero-order valence-corrected chi connectivity index (χ0v) is 21.0. The van der Waals surface area contributed by atoms with E-state index in [9.17, 15) is 19.2 Å². The number of nitrogens with one attached hydrogen (secondary N) is 2. The van der Waals surface area contributed by atoms with Gasteiger partial charge in [-0.15, -0.1) is 0 Å². The van der Waals surface area contributed by atoms with Crippen LogP contribution < -0.4 is 15.5 Å². The predicted octanol–water partition coefficient (Wildman–Crippen LogP) is 5.25. The second kappa shape index (κ2) is 11.1. The summed E-state index contributed by atoms with van der Waals surface area (Å²) in [6.07, 6.45) is 0.707. The Morgan fingerprint density at radius 2 is 1.57 bits per heavy atom. The lowest BCUT2D eigenvalue weighted by molar-refractivity contribution is -0.120. The van der Waals surface area contributed by atoms with Crippen molar-refractivity contribution in [1.82, 2.24) is 0 Å². The van der Waals surface area contributed by atoms with E-state index in [2.05, 4.69) is 10.6 Å². The van der Waals surface area contributed by atoms with Crippen molar-refractivity contribution in [1.29, 1.82) is 0 Å². The highest BCUT2D eigenvalue weighted by atomic mass is 35.5. The van der Waals surface area contributed by atoms with Gasteiger partial charge < -0.3 is 15.4 Å². The highest BCUT2D eigenvalue weighted by molar-refractivity contribution is 6.53. The van der Waals surface area contributed by atoms with Crippen LogP contribution in [0.2, 0.25) is 0 Å². The SMILES string of the molecule is CCCOC(=O)c1cccc(NC(=O)c2cccc(NC3=C(Cl)C(=O)N(c4ccccc4C)C3=O)c2)c1. The number of halogens is 1. The second-order valence-corrected chi connectivity index (χ2v) is 8.68. The summed E-state index contributed by atoms with van der Waals surface area (Å²) in [5, 5.41) is 5.39. The average Bonchev–Trinajstić information content (AvgIpc) is 3.11. The van der Waals surface area contributed by atoms with Crippen LogP contribution in [-0.4, -0.2) is 30.3 Å². The molecule has 1 aliphatic heterocycles. The number of nitrogens with zero attached hydrogens (tertiary/aromatic N) is 1. The van der Waals surface area contributed by atoms with Crippen molar-refractivity contribution < 1.29 is 23.9 Å². The normalized spacial score (nSPS) is 13.1. The number of esters is 1. The minimum atomic E-state index is -0.630. The number of rotatable bonds is 8. The smallest absolute Gasteiger partial charge is 0.338 e. The third kappa shape index (κ3) is 5.54. The summed E-state index contributed by atoms with van der Waals surface area (Å²) in [7, 11) is 0. The maximum absolute atomic E-state index is 13.1. The molecule has 0 fully saturated rings. The third-order valence-corrected chi connectivity index (χ3v) is 5.92. The number of ether oxygens (including phenoxy) is 1. The lowest BCUT2D eigenvalue weighted by Crippen LogP contribution is -2.32. The van der Waals surface area contributed by atoms with Crippen LogP contribution >= 0.6 is 11.6 Å². The van der Waals surface area contributed by atoms with E-state index >= 15 is 0 Å². The number of anilines is 3. The average molecular weight is 518 g/mol. The highest BCUT2D eigenvalue weighted by Crippen LogP contribution is 2.32. The van der Waals surface area contributed by atoms with E-state index in [1.54, 1.807) is 61.5 Å². The van der Waals surface area contributed by atoms with Gasteiger partial charge in [-0.05, 0) is 61.4 Å². The largest absolute Gasteiger partial charge is 0.462 e. The molecule has 0 atom stereocenters. The number of hydrogen-bond donors (Lipinski definition) is 2. The van der Waals surface area contributed by atoms with Crippen molar-refractivity contribution in [2.45, 2.75) is 20.3 Å². The highest BCUT2D eigenvalue weighted by Gasteiger charge is 2.39. The standard InChI is InChI=1S/C28H24ClN3O5/c1-3-14-37-28(36)19-10-7-12-21(16-19)31-25(33)18-9-6-11-20(15-18)30-24-23(29)26(34)32(27(24)35)22-13-5-4-8-17(22)2/h4-13,15-16,30H,3,14H2,1-2H3,(H,31,33). The molecule has 4 rings (SSSR count). The van der Waals surface area contributed by atoms with Gasteiger partial charge in [-0.3, -0.25) is 14.4 Å². The molecule has 3 aromatic carbocycles. The summed E-state index contributed by atoms with van der Waals surface area (Å²) in [5.41, 5.74) is 2.54. The van der Waals surface area contributed by atoms with Crippen LogP contribution in [0.25, 0.3) is 0 Å². The molecule has 37 heavy (non-hydrogen) atoms. The predicted molar refractivity (Wildman–Crippen MR) is 142 cm³/mol. The Bertz CT molecular complexity index is 1430.